The maximum atomic E-state index is 11.9. The van der Waals surface area contributed by atoms with Crippen LogP contribution in [0.5, 0.6) is 0 Å². The number of Topliss-reactive ketones (excluding diaryl/α,β-unsaturated/α-hetero) is 1. The summed E-state index contributed by atoms with van der Waals surface area (Å²) in [6.45, 7) is 4.89. The quantitative estimate of drug-likeness (QED) is 0.523. The van der Waals surface area contributed by atoms with Gasteiger partial charge in [-0.2, -0.15) is 16.9 Å². The predicted octanol–water partition coefficient (Wildman–Crippen LogP) is 2.46. The molecule has 1 aliphatic heterocycles. The van der Waals surface area contributed by atoms with E-state index in [1.54, 1.807) is 25.1 Å². The Morgan fingerprint density at radius 1 is 1.29 bits per heavy atom. The predicted molar refractivity (Wildman–Crippen MR) is 97.9 cm³/mol. The molecule has 2 heterocycles. The number of hydrogen-bond acceptors (Lipinski definition) is 6. The summed E-state index contributed by atoms with van der Waals surface area (Å²) in [5, 5.41) is 4.81. The standard InChI is InChI=1S/C17H19N3O3S/c1-11-9-15(22)14-4-3-13(10-16(14)23-11)18-19-17(12(2)21)20-5-7-24-8-6-20/h3-4,9-10,18H,5-8H2,1-2H3/b19-17-. The molecule has 1 saturated heterocycles. The highest BCUT2D eigenvalue weighted by Crippen LogP contribution is 2.18. The van der Waals surface area contributed by atoms with Gasteiger partial charge in [0.2, 0.25) is 0 Å². The van der Waals surface area contributed by atoms with Crippen LogP contribution in [0.3, 0.4) is 0 Å². The summed E-state index contributed by atoms with van der Waals surface area (Å²) >= 11 is 1.88. The number of carbonyl (C=O) groups excluding carboxylic acids is 1. The van der Waals surface area contributed by atoms with Gasteiger partial charge in [-0.1, -0.05) is 0 Å². The van der Waals surface area contributed by atoms with Crippen molar-refractivity contribution < 1.29 is 9.21 Å². The van der Waals surface area contributed by atoms with Crippen LogP contribution in [0.2, 0.25) is 0 Å². The molecule has 2 aromatic rings. The van der Waals surface area contributed by atoms with Crippen molar-refractivity contribution in [2.75, 3.05) is 30.0 Å². The zero-order valence-electron chi connectivity index (χ0n) is 13.7. The Hall–Kier alpha value is -2.28. The Bertz CT molecular complexity index is 854. The smallest absolute Gasteiger partial charge is 0.196 e. The molecule has 126 valence electrons. The van der Waals surface area contributed by atoms with Gasteiger partial charge in [0.25, 0.3) is 0 Å². The van der Waals surface area contributed by atoms with E-state index in [4.69, 9.17) is 4.42 Å². The number of anilines is 1. The van der Waals surface area contributed by atoms with Crippen molar-refractivity contribution in [3.8, 4) is 0 Å². The molecule has 0 bridgehead atoms. The number of nitrogens with zero attached hydrogens (tertiary/aromatic N) is 2. The number of rotatable bonds is 3. The molecule has 6 nitrogen and oxygen atoms in total. The fourth-order valence-electron chi connectivity index (χ4n) is 2.61. The highest BCUT2D eigenvalue weighted by Gasteiger charge is 2.18. The number of carbonyl (C=O) groups is 1. The van der Waals surface area contributed by atoms with Crippen LogP contribution in [0.1, 0.15) is 12.7 Å². The average Bonchev–Trinajstić information content (AvgIpc) is 2.55. The van der Waals surface area contributed by atoms with Gasteiger partial charge in [0.05, 0.1) is 11.1 Å². The normalized spacial score (nSPS) is 15.6. The second-order valence-electron chi connectivity index (χ2n) is 5.64. The van der Waals surface area contributed by atoms with E-state index in [-0.39, 0.29) is 11.2 Å². The first-order chi connectivity index (χ1) is 11.5. The molecule has 1 aromatic carbocycles. The third kappa shape index (κ3) is 3.62. The lowest BCUT2D eigenvalue weighted by molar-refractivity contribution is -0.111. The van der Waals surface area contributed by atoms with E-state index in [1.165, 1.54) is 13.0 Å². The summed E-state index contributed by atoms with van der Waals surface area (Å²) in [5.41, 5.74) is 4.01. The number of benzene rings is 1. The van der Waals surface area contributed by atoms with Crippen LogP contribution < -0.4 is 10.9 Å². The van der Waals surface area contributed by atoms with Crippen LogP contribution in [0.4, 0.5) is 5.69 Å². The Morgan fingerprint density at radius 2 is 2.04 bits per heavy atom. The second kappa shape index (κ2) is 7.09. The molecular weight excluding hydrogens is 326 g/mol. The topological polar surface area (TPSA) is 74.9 Å². The minimum absolute atomic E-state index is 0.0703. The summed E-state index contributed by atoms with van der Waals surface area (Å²) in [7, 11) is 0. The first kappa shape index (κ1) is 16.6. The maximum absolute atomic E-state index is 11.9. The molecule has 0 saturated carbocycles. The number of fused-ring (bicyclic) bond motifs is 1. The lowest BCUT2D eigenvalue weighted by atomic mass is 10.2. The molecule has 24 heavy (non-hydrogen) atoms. The third-order valence-electron chi connectivity index (χ3n) is 3.77. The van der Waals surface area contributed by atoms with Gasteiger partial charge in [-0.05, 0) is 19.1 Å². The zero-order chi connectivity index (χ0) is 17.1. The van der Waals surface area contributed by atoms with Crippen LogP contribution >= 0.6 is 11.8 Å². The number of hydrazone groups is 1. The lowest BCUT2D eigenvalue weighted by Gasteiger charge is -2.28. The molecule has 1 N–H and O–H groups in total. The van der Waals surface area contributed by atoms with Crippen LogP contribution in [-0.4, -0.2) is 41.1 Å². The van der Waals surface area contributed by atoms with E-state index in [1.807, 2.05) is 16.7 Å². The van der Waals surface area contributed by atoms with Crippen LogP contribution in [-0.2, 0) is 4.79 Å². The van der Waals surface area contributed by atoms with Crippen molar-refractivity contribution >= 4 is 40.0 Å². The molecule has 1 aromatic heterocycles. The summed E-state index contributed by atoms with van der Waals surface area (Å²) in [5.74, 6) is 2.90. The third-order valence-corrected chi connectivity index (χ3v) is 4.71. The van der Waals surface area contributed by atoms with Gasteiger partial charge in [-0.15, -0.1) is 0 Å². The van der Waals surface area contributed by atoms with Gasteiger partial charge in [0, 0.05) is 43.7 Å². The van der Waals surface area contributed by atoms with Crippen molar-refractivity contribution in [3.63, 3.8) is 0 Å². The first-order valence-electron chi connectivity index (χ1n) is 7.76. The van der Waals surface area contributed by atoms with Crippen LogP contribution in [0.15, 0.2) is 38.6 Å². The number of ketones is 1. The summed E-state index contributed by atoms with van der Waals surface area (Å²) in [6, 6.07) is 6.64. The van der Waals surface area contributed by atoms with Gasteiger partial charge >= 0.3 is 0 Å². The molecule has 1 fully saturated rings. The zero-order valence-corrected chi connectivity index (χ0v) is 14.5. The Labute approximate surface area is 143 Å². The molecule has 0 radical (unpaired) electrons. The summed E-state index contributed by atoms with van der Waals surface area (Å²) in [6.07, 6.45) is 0. The monoisotopic (exact) mass is 345 g/mol. The van der Waals surface area contributed by atoms with Crippen molar-refractivity contribution in [1.29, 1.82) is 0 Å². The molecule has 0 atom stereocenters. The van der Waals surface area contributed by atoms with Crippen molar-refractivity contribution in [1.82, 2.24) is 4.90 Å². The van der Waals surface area contributed by atoms with Gasteiger partial charge < -0.3 is 9.32 Å². The van der Waals surface area contributed by atoms with E-state index >= 15 is 0 Å². The largest absolute Gasteiger partial charge is 0.461 e. The number of amidine groups is 1. The second-order valence-corrected chi connectivity index (χ2v) is 6.86. The van der Waals surface area contributed by atoms with E-state index < -0.39 is 0 Å². The van der Waals surface area contributed by atoms with Crippen LogP contribution in [0.25, 0.3) is 11.0 Å². The molecule has 3 rings (SSSR count). The highest BCUT2D eigenvalue weighted by molar-refractivity contribution is 7.99. The van der Waals surface area contributed by atoms with E-state index in [9.17, 15) is 9.59 Å². The number of aryl methyl sites for hydroxylation is 1. The average molecular weight is 345 g/mol. The summed E-state index contributed by atoms with van der Waals surface area (Å²) < 4.78 is 5.59. The number of hydrogen-bond donors (Lipinski definition) is 1. The summed E-state index contributed by atoms with van der Waals surface area (Å²) in [4.78, 5) is 25.8. The number of nitrogens with one attached hydrogen (secondary N) is 1. The molecule has 0 unspecified atom stereocenters. The van der Waals surface area contributed by atoms with E-state index in [0.29, 0.717) is 28.3 Å². The highest BCUT2D eigenvalue weighted by atomic mass is 32.2. The van der Waals surface area contributed by atoms with Crippen molar-refractivity contribution in [2.45, 2.75) is 13.8 Å². The Balaban J connectivity index is 1.87. The Kier molecular flexibility index (Phi) is 4.89. The molecule has 0 aliphatic carbocycles. The molecular formula is C17H19N3O3S. The minimum Gasteiger partial charge on any atom is -0.461 e. The molecule has 0 amide bonds. The SMILES string of the molecule is CC(=O)/C(=N/Nc1ccc2c(=O)cc(C)oc2c1)N1CCSCC1. The van der Waals surface area contributed by atoms with Gasteiger partial charge in [0.15, 0.2) is 17.0 Å². The minimum atomic E-state index is -0.0717. The Morgan fingerprint density at radius 3 is 2.75 bits per heavy atom. The fraction of sp³-hybridized carbons (Fsp3) is 0.353. The molecule has 7 heteroatoms. The van der Waals surface area contributed by atoms with Gasteiger partial charge in [-0.3, -0.25) is 15.0 Å². The van der Waals surface area contributed by atoms with E-state index in [2.05, 4.69) is 10.5 Å². The van der Waals surface area contributed by atoms with Gasteiger partial charge in [0.1, 0.15) is 11.3 Å². The molecule has 1 aliphatic rings. The number of thioether (sulfide) groups is 1. The van der Waals surface area contributed by atoms with Gasteiger partial charge in [-0.25, -0.2) is 0 Å². The maximum Gasteiger partial charge on any atom is 0.196 e. The van der Waals surface area contributed by atoms with Crippen molar-refractivity contribution in [2.24, 2.45) is 5.10 Å². The fourth-order valence-corrected chi connectivity index (χ4v) is 3.51. The molecule has 0 spiro atoms. The lowest BCUT2D eigenvalue weighted by Crippen LogP contribution is -2.41. The van der Waals surface area contributed by atoms with Crippen LogP contribution in [0, 0.1) is 6.92 Å². The van der Waals surface area contributed by atoms with E-state index in [0.717, 1.165) is 24.6 Å². The first-order valence-corrected chi connectivity index (χ1v) is 8.92. The van der Waals surface area contributed by atoms with Crippen molar-refractivity contribution in [3.05, 3.63) is 40.2 Å².